The summed E-state index contributed by atoms with van der Waals surface area (Å²) in [4.78, 5) is 6.79. The first-order chi connectivity index (χ1) is 14.1. The third kappa shape index (κ3) is 5.81. The summed E-state index contributed by atoms with van der Waals surface area (Å²) < 4.78 is 5.66. The van der Waals surface area contributed by atoms with E-state index in [-0.39, 0.29) is 6.10 Å². The van der Waals surface area contributed by atoms with Crippen LogP contribution < -0.4 is 20.3 Å². The van der Waals surface area contributed by atoms with Gasteiger partial charge in [-0.3, -0.25) is 0 Å². The molecular formula is C22H28N6O. The molecule has 29 heavy (non-hydrogen) atoms. The first kappa shape index (κ1) is 20.4. The summed E-state index contributed by atoms with van der Waals surface area (Å²) in [5.74, 6) is 1.87. The fraction of sp³-hybridized carbons (Fsp3) is 0.318. The lowest BCUT2D eigenvalue weighted by Gasteiger charge is -2.21. The fourth-order valence-corrected chi connectivity index (χ4v) is 2.93. The van der Waals surface area contributed by atoms with E-state index in [0.29, 0.717) is 11.8 Å². The second-order valence-electron chi connectivity index (χ2n) is 6.83. The van der Waals surface area contributed by atoms with Gasteiger partial charge in [0.1, 0.15) is 5.75 Å². The Kier molecular flexibility index (Phi) is 6.84. The van der Waals surface area contributed by atoms with E-state index in [1.165, 1.54) is 5.69 Å². The van der Waals surface area contributed by atoms with E-state index in [1.807, 2.05) is 50.2 Å². The lowest BCUT2D eigenvalue weighted by atomic mass is 10.2. The average Bonchev–Trinajstić information content (AvgIpc) is 2.72. The molecular weight excluding hydrogens is 364 g/mol. The maximum Gasteiger partial charge on any atom is 0.249 e. The van der Waals surface area contributed by atoms with Gasteiger partial charge >= 0.3 is 0 Å². The second kappa shape index (κ2) is 9.73. The average molecular weight is 393 g/mol. The van der Waals surface area contributed by atoms with Gasteiger partial charge in [0.05, 0.1) is 12.3 Å². The van der Waals surface area contributed by atoms with E-state index in [2.05, 4.69) is 56.7 Å². The van der Waals surface area contributed by atoms with Gasteiger partial charge in [-0.1, -0.05) is 0 Å². The first-order valence-electron chi connectivity index (χ1n) is 9.93. The minimum absolute atomic E-state index is 0.144. The van der Waals surface area contributed by atoms with E-state index in [0.717, 1.165) is 30.2 Å². The molecule has 7 heteroatoms. The predicted octanol–water partition coefficient (Wildman–Crippen LogP) is 4.99. The number of aromatic nitrogens is 3. The molecule has 0 spiro atoms. The van der Waals surface area contributed by atoms with Crippen molar-refractivity contribution in [3.63, 3.8) is 0 Å². The second-order valence-corrected chi connectivity index (χ2v) is 6.83. The number of hydrogen-bond acceptors (Lipinski definition) is 7. The van der Waals surface area contributed by atoms with E-state index >= 15 is 0 Å². The largest absolute Gasteiger partial charge is 0.491 e. The molecule has 0 aliphatic heterocycles. The zero-order valence-corrected chi connectivity index (χ0v) is 17.4. The molecule has 2 N–H and O–H groups in total. The lowest BCUT2D eigenvalue weighted by Crippen LogP contribution is -2.21. The predicted molar refractivity (Wildman–Crippen MR) is 119 cm³/mol. The highest BCUT2D eigenvalue weighted by atomic mass is 16.5. The first-order valence-corrected chi connectivity index (χ1v) is 9.93. The van der Waals surface area contributed by atoms with Crippen LogP contribution in [0.25, 0.3) is 0 Å². The normalized spacial score (nSPS) is 10.7. The van der Waals surface area contributed by atoms with Gasteiger partial charge in [0, 0.05) is 30.2 Å². The quantitative estimate of drug-likeness (QED) is 0.531. The smallest absolute Gasteiger partial charge is 0.249 e. The van der Waals surface area contributed by atoms with Gasteiger partial charge in [0.25, 0.3) is 0 Å². The van der Waals surface area contributed by atoms with Crippen LogP contribution in [0, 0.1) is 0 Å². The van der Waals surface area contributed by atoms with Crippen molar-refractivity contribution in [2.75, 3.05) is 28.6 Å². The number of ether oxygens (including phenoxy) is 1. The molecule has 0 saturated carbocycles. The van der Waals surface area contributed by atoms with Crippen LogP contribution in [0.4, 0.5) is 28.8 Å². The Bertz CT molecular complexity index is 892. The maximum absolute atomic E-state index is 5.66. The Morgan fingerprint density at radius 1 is 0.897 bits per heavy atom. The van der Waals surface area contributed by atoms with Crippen molar-refractivity contribution in [1.29, 1.82) is 0 Å². The standard InChI is InChI=1S/C22H28N6O/c1-5-28(6-2)19-11-7-17(8-12-19)24-21-15-23-27-22(26-21)25-18-9-13-20(14-10-18)29-16(3)4/h7-16H,5-6H2,1-4H3,(H2,24,25,26,27). The summed E-state index contributed by atoms with van der Waals surface area (Å²) >= 11 is 0. The molecule has 1 heterocycles. The van der Waals surface area contributed by atoms with Crippen LogP contribution in [-0.4, -0.2) is 34.4 Å². The summed E-state index contributed by atoms with van der Waals surface area (Å²) in [7, 11) is 0. The summed E-state index contributed by atoms with van der Waals surface area (Å²) in [6.45, 7) is 10.3. The maximum atomic E-state index is 5.66. The summed E-state index contributed by atoms with van der Waals surface area (Å²) in [5, 5.41) is 14.5. The molecule has 0 saturated heterocycles. The molecule has 152 valence electrons. The molecule has 1 aromatic heterocycles. The van der Waals surface area contributed by atoms with Crippen molar-refractivity contribution in [2.24, 2.45) is 0 Å². The number of nitrogens with zero attached hydrogens (tertiary/aromatic N) is 4. The number of anilines is 5. The molecule has 7 nitrogen and oxygen atoms in total. The van der Waals surface area contributed by atoms with Crippen LogP contribution in [0.15, 0.2) is 54.7 Å². The Labute approximate surface area is 172 Å². The highest BCUT2D eigenvalue weighted by Crippen LogP contribution is 2.22. The SMILES string of the molecule is CCN(CC)c1ccc(Nc2cnnc(Nc3ccc(OC(C)C)cc3)n2)cc1. The third-order valence-corrected chi connectivity index (χ3v) is 4.31. The minimum Gasteiger partial charge on any atom is -0.491 e. The van der Waals surface area contributed by atoms with E-state index in [1.54, 1.807) is 6.20 Å². The van der Waals surface area contributed by atoms with Crippen LogP contribution in [0.1, 0.15) is 27.7 Å². The third-order valence-electron chi connectivity index (χ3n) is 4.31. The Hall–Kier alpha value is -3.35. The van der Waals surface area contributed by atoms with Crippen LogP contribution in [-0.2, 0) is 0 Å². The molecule has 0 amide bonds. The van der Waals surface area contributed by atoms with E-state index in [4.69, 9.17) is 4.74 Å². The van der Waals surface area contributed by atoms with Crippen molar-refractivity contribution < 1.29 is 4.74 Å². The van der Waals surface area contributed by atoms with Gasteiger partial charge < -0.3 is 20.3 Å². The summed E-state index contributed by atoms with van der Waals surface area (Å²) in [6.07, 6.45) is 1.74. The van der Waals surface area contributed by atoms with Crippen LogP contribution in [0.2, 0.25) is 0 Å². The van der Waals surface area contributed by atoms with E-state index < -0.39 is 0 Å². The van der Waals surface area contributed by atoms with Crippen LogP contribution >= 0.6 is 0 Å². The molecule has 0 unspecified atom stereocenters. The summed E-state index contributed by atoms with van der Waals surface area (Å²) in [5.41, 5.74) is 3.01. The Balaban J connectivity index is 1.65. The molecule has 0 atom stereocenters. The fourth-order valence-electron chi connectivity index (χ4n) is 2.93. The molecule has 3 rings (SSSR count). The number of hydrogen-bond donors (Lipinski definition) is 2. The van der Waals surface area contributed by atoms with Gasteiger partial charge in [-0.05, 0) is 76.2 Å². The lowest BCUT2D eigenvalue weighted by molar-refractivity contribution is 0.242. The van der Waals surface area contributed by atoms with Gasteiger partial charge in [-0.15, -0.1) is 5.10 Å². The Morgan fingerprint density at radius 3 is 2.14 bits per heavy atom. The van der Waals surface area contributed by atoms with E-state index in [9.17, 15) is 0 Å². The molecule has 0 radical (unpaired) electrons. The van der Waals surface area contributed by atoms with Crippen molar-refractivity contribution in [2.45, 2.75) is 33.8 Å². The van der Waals surface area contributed by atoms with Gasteiger partial charge in [-0.25, -0.2) is 0 Å². The molecule has 2 aromatic carbocycles. The van der Waals surface area contributed by atoms with Crippen molar-refractivity contribution in [1.82, 2.24) is 15.2 Å². The van der Waals surface area contributed by atoms with Gasteiger partial charge in [0.2, 0.25) is 5.95 Å². The monoisotopic (exact) mass is 392 g/mol. The van der Waals surface area contributed by atoms with Crippen molar-refractivity contribution >= 4 is 28.8 Å². The van der Waals surface area contributed by atoms with Crippen molar-refractivity contribution in [3.8, 4) is 5.75 Å². The molecule has 3 aromatic rings. The van der Waals surface area contributed by atoms with Crippen LogP contribution in [0.5, 0.6) is 5.75 Å². The molecule has 0 aliphatic carbocycles. The topological polar surface area (TPSA) is 75.2 Å². The molecule has 0 bridgehead atoms. The molecule has 0 fully saturated rings. The highest BCUT2D eigenvalue weighted by molar-refractivity contribution is 5.62. The van der Waals surface area contributed by atoms with Gasteiger partial charge in [-0.2, -0.15) is 10.1 Å². The minimum atomic E-state index is 0.144. The van der Waals surface area contributed by atoms with Crippen molar-refractivity contribution in [3.05, 3.63) is 54.7 Å². The summed E-state index contributed by atoms with van der Waals surface area (Å²) in [6, 6.07) is 15.9. The Morgan fingerprint density at radius 2 is 1.52 bits per heavy atom. The van der Waals surface area contributed by atoms with Crippen LogP contribution in [0.3, 0.4) is 0 Å². The number of benzene rings is 2. The van der Waals surface area contributed by atoms with Gasteiger partial charge in [0.15, 0.2) is 5.82 Å². The highest BCUT2D eigenvalue weighted by Gasteiger charge is 2.05. The number of rotatable bonds is 9. The molecule has 0 aliphatic rings. The zero-order valence-electron chi connectivity index (χ0n) is 17.4. The number of nitrogens with one attached hydrogen (secondary N) is 2. The zero-order chi connectivity index (χ0) is 20.6.